The normalized spacial score (nSPS) is 11.1. The van der Waals surface area contributed by atoms with Gasteiger partial charge in [0.1, 0.15) is 10.7 Å². The molecule has 3 rings (SSSR count). The quantitative estimate of drug-likeness (QED) is 0.800. The van der Waals surface area contributed by atoms with Crippen molar-refractivity contribution in [1.82, 2.24) is 9.38 Å². The molecule has 0 saturated carbocycles. The summed E-state index contributed by atoms with van der Waals surface area (Å²) in [6, 6.07) is 13.4. The third-order valence-electron chi connectivity index (χ3n) is 2.75. The van der Waals surface area contributed by atoms with Crippen LogP contribution in [0.3, 0.4) is 0 Å². The zero-order valence-electron chi connectivity index (χ0n) is 9.95. The number of halogens is 1. The van der Waals surface area contributed by atoms with Crippen LogP contribution in [0.1, 0.15) is 5.69 Å². The molecule has 0 unspecified atom stereocenters. The van der Waals surface area contributed by atoms with Gasteiger partial charge in [-0.05, 0) is 30.3 Å². The van der Waals surface area contributed by atoms with Gasteiger partial charge in [0.25, 0.3) is 0 Å². The van der Waals surface area contributed by atoms with Crippen LogP contribution in [-0.4, -0.2) is 14.5 Å². The third-order valence-corrected chi connectivity index (χ3v) is 4.00. The van der Waals surface area contributed by atoms with Crippen molar-refractivity contribution in [2.75, 3.05) is 0 Å². The Bertz CT molecular complexity index is 726. The van der Waals surface area contributed by atoms with E-state index < -0.39 is 0 Å². The molecular formula is C14H11ClN2OS. The standard InChI is InChI=1S/C14H11ClN2OS/c15-10-4-3-5-11(8-10)19-14-12(9-18)17-7-2-1-6-13(17)16-14/h1-8,18H,9H2. The van der Waals surface area contributed by atoms with Gasteiger partial charge >= 0.3 is 0 Å². The lowest BCUT2D eigenvalue weighted by Crippen LogP contribution is -1.92. The SMILES string of the molecule is OCc1c(Sc2cccc(Cl)c2)nc2ccccn12. The molecule has 2 aromatic heterocycles. The molecular weight excluding hydrogens is 280 g/mol. The molecule has 0 fully saturated rings. The van der Waals surface area contributed by atoms with Crippen molar-refractivity contribution in [2.24, 2.45) is 0 Å². The highest BCUT2D eigenvalue weighted by Crippen LogP contribution is 2.31. The number of aliphatic hydroxyl groups excluding tert-OH is 1. The molecule has 3 nitrogen and oxygen atoms in total. The predicted molar refractivity (Wildman–Crippen MR) is 76.7 cm³/mol. The molecule has 0 aliphatic rings. The highest BCUT2D eigenvalue weighted by molar-refractivity contribution is 7.99. The summed E-state index contributed by atoms with van der Waals surface area (Å²) in [6.45, 7) is -0.0475. The van der Waals surface area contributed by atoms with E-state index in [-0.39, 0.29) is 6.61 Å². The number of fused-ring (bicyclic) bond motifs is 1. The molecule has 0 saturated heterocycles. The smallest absolute Gasteiger partial charge is 0.138 e. The van der Waals surface area contributed by atoms with Gasteiger partial charge in [-0.3, -0.25) is 0 Å². The molecule has 0 amide bonds. The first kappa shape index (κ1) is 12.5. The maximum atomic E-state index is 9.54. The van der Waals surface area contributed by atoms with Gasteiger partial charge in [0.05, 0.1) is 12.3 Å². The van der Waals surface area contributed by atoms with Crippen molar-refractivity contribution in [2.45, 2.75) is 16.5 Å². The van der Waals surface area contributed by atoms with Crippen LogP contribution in [0.4, 0.5) is 0 Å². The molecule has 96 valence electrons. The third kappa shape index (κ3) is 2.47. The first-order chi connectivity index (χ1) is 9.28. The summed E-state index contributed by atoms with van der Waals surface area (Å²) in [6.07, 6.45) is 1.90. The number of aromatic nitrogens is 2. The lowest BCUT2D eigenvalue weighted by Gasteiger charge is -2.02. The Morgan fingerprint density at radius 3 is 2.89 bits per heavy atom. The van der Waals surface area contributed by atoms with Gasteiger partial charge in [0, 0.05) is 16.1 Å². The summed E-state index contributed by atoms with van der Waals surface area (Å²) in [5.41, 5.74) is 1.62. The van der Waals surface area contributed by atoms with Gasteiger partial charge in [0.2, 0.25) is 0 Å². The Morgan fingerprint density at radius 2 is 2.11 bits per heavy atom. The molecule has 0 atom stereocenters. The number of aliphatic hydroxyl groups is 1. The number of rotatable bonds is 3. The second-order valence-corrected chi connectivity index (χ2v) is 5.51. The maximum absolute atomic E-state index is 9.54. The predicted octanol–water partition coefficient (Wildman–Crippen LogP) is 3.63. The minimum atomic E-state index is -0.0475. The van der Waals surface area contributed by atoms with Crippen LogP contribution in [0.5, 0.6) is 0 Å². The van der Waals surface area contributed by atoms with Gasteiger partial charge in [0.15, 0.2) is 0 Å². The molecule has 0 aliphatic heterocycles. The number of hydrogen-bond donors (Lipinski definition) is 1. The van der Waals surface area contributed by atoms with Crippen LogP contribution in [0.15, 0.2) is 58.6 Å². The molecule has 0 bridgehead atoms. The molecule has 1 N–H and O–H groups in total. The highest BCUT2D eigenvalue weighted by atomic mass is 35.5. The maximum Gasteiger partial charge on any atom is 0.138 e. The van der Waals surface area contributed by atoms with Crippen molar-refractivity contribution in [1.29, 1.82) is 0 Å². The molecule has 19 heavy (non-hydrogen) atoms. The highest BCUT2D eigenvalue weighted by Gasteiger charge is 2.12. The monoisotopic (exact) mass is 290 g/mol. The fourth-order valence-corrected chi connectivity index (χ4v) is 3.12. The Kier molecular flexibility index (Phi) is 3.46. The average Bonchev–Trinajstić information content (AvgIpc) is 2.75. The van der Waals surface area contributed by atoms with Crippen molar-refractivity contribution >= 4 is 29.0 Å². The largest absolute Gasteiger partial charge is 0.390 e. The van der Waals surface area contributed by atoms with Crippen LogP contribution in [0.25, 0.3) is 5.65 Å². The Morgan fingerprint density at radius 1 is 1.21 bits per heavy atom. The molecule has 5 heteroatoms. The first-order valence-electron chi connectivity index (χ1n) is 5.78. The van der Waals surface area contributed by atoms with E-state index in [1.165, 1.54) is 11.8 Å². The molecule has 0 aliphatic carbocycles. The van der Waals surface area contributed by atoms with Crippen molar-refractivity contribution in [3.05, 3.63) is 59.4 Å². The van der Waals surface area contributed by atoms with Crippen LogP contribution in [0.2, 0.25) is 5.02 Å². The zero-order valence-corrected chi connectivity index (χ0v) is 11.5. The van der Waals surface area contributed by atoms with Crippen LogP contribution in [-0.2, 0) is 6.61 Å². The first-order valence-corrected chi connectivity index (χ1v) is 6.97. The average molecular weight is 291 g/mol. The van der Waals surface area contributed by atoms with E-state index in [2.05, 4.69) is 4.98 Å². The summed E-state index contributed by atoms with van der Waals surface area (Å²) in [4.78, 5) is 5.54. The van der Waals surface area contributed by atoms with Crippen molar-refractivity contribution < 1.29 is 5.11 Å². The van der Waals surface area contributed by atoms with E-state index in [0.717, 1.165) is 21.3 Å². The van der Waals surface area contributed by atoms with Crippen LogP contribution >= 0.6 is 23.4 Å². The summed E-state index contributed by atoms with van der Waals surface area (Å²) < 4.78 is 1.90. The minimum Gasteiger partial charge on any atom is -0.390 e. The summed E-state index contributed by atoms with van der Waals surface area (Å²) in [7, 11) is 0. The summed E-state index contributed by atoms with van der Waals surface area (Å²) in [5, 5.41) is 11.0. The van der Waals surface area contributed by atoms with Gasteiger partial charge in [-0.25, -0.2) is 4.98 Å². The van der Waals surface area contributed by atoms with E-state index in [9.17, 15) is 5.11 Å². The molecule has 1 aromatic carbocycles. The molecule has 0 spiro atoms. The number of benzene rings is 1. The topological polar surface area (TPSA) is 37.5 Å². The molecule has 2 heterocycles. The van der Waals surface area contributed by atoms with E-state index in [1.807, 2.05) is 53.1 Å². The van der Waals surface area contributed by atoms with E-state index in [1.54, 1.807) is 0 Å². The van der Waals surface area contributed by atoms with E-state index in [0.29, 0.717) is 5.02 Å². The van der Waals surface area contributed by atoms with Crippen LogP contribution in [0, 0.1) is 0 Å². The van der Waals surface area contributed by atoms with Gasteiger partial charge in [-0.2, -0.15) is 0 Å². The molecule has 3 aromatic rings. The summed E-state index contributed by atoms with van der Waals surface area (Å²) >= 11 is 7.48. The number of nitrogens with zero attached hydrogens (tertiary/aromatic N) is 2. The van der Waals surface area contributed by atoms with E-state index >= 15 is 0 Å². The van der Waals surface area contributed by atoms with Gasteiger partial charge < -0.3 is 9.51 Å². The molecule has 0 radical (unpaired) electrons. The Hall–Kier alpha value is -1.49. The Labute approximate surface area is 119 Å². The fraction of sp³-hybridized carbons (Fsp3) is 0.0714. The fourth-order valence-electron chi connectivity index (χ4n) is 1.89. The lowest BCUT2D eigenvalue weighted by atomic mass is 10.4. The van der Waals surface area contributed by atoms with Gasteiger partial charge in [-0.1, -0.05) is 35.5 Å². The number of pyridine rings is 1. The van der Waals surface area contributed by atoms with Crippen molar-refractivity contribution in [3.63, 3.8) is 0 Å². The second-order valence-electron chi connectivity index (χ2n) is 4.01. The lowest BCUT2D eigenvalue weighted by molar-refractivity contribution is 0.272. The number of imidazole rings is 1. The van der Waals surface area contributed by atoms with E-state index in [4.69, 9.17) is 11.6 Å². The zero-order chi connectivity index (χ0) is 13.2. The van der Waals surface area contributed by atoms with Crippen LogP contribution < -0.4 is 0 Å². The van der Waals surface area contributed by atoms with Crippen molar-refractivity contribution in [3.8, 4) is 0 Å². The minimum absolute atomic E-state index is 0.0475. The summed E-state index contributed by atoms with van der Waals surface area (Å²) in [5.74, 6) is 0. The number of hydrogen-bond acceptors (Lipinski definition) is 3. The second kappa shape index (κ2) is 5.25. The Balaban J connectivity index is 2.05. The van der Waals surface area contributed by atoms with Gasteiger partial charge in [-0.15, -0.1) is 0 Å².